The summed E-state index contributed by atoms with van der Waals surface area (Å²) in [5, 5.41) is 2.91. The van der Waals surface area contributed by atoms with Gasteiger partial charge in [0.15, 0.2) is 0 Å². The Morgan fingerprint density at radius 3 is 2.87 bits per heavy atom. The molecule has 0 unspecified atom stereocenters. The summed E-state index contributed by atoms with van der Waals surface area (Å²) in [6.45, 7) is 3.84. The number of carbonyl (C=O) groups is 1. The molecule has 0 aromatic carbocycles. The molecule has 23 heavy (non-hydrogen) atoms. The van der Waals surface area contributed by atoms with Crippen LogP contribution < -0.4 is 5.32 Å². The molecule has 9 heteroatoms. The zero-order valence-corrected chi connectivity index (χ0v) is 12.6. The SMILES string of the molecule is Cc1nc(C(F)(F)F)ncc1CN1C[C@H]2COC[C@@H](C1)C(=O)N2. The third-order valence-electron chi connectivity index (χ3n) is 4.04. The standard InChI is InChI=1S/C14H17F3N4O2/c1-8-9(2-18-13(19-8)14(15,16)17)3-21-4-10-6-23-7-11(5-21)20-12(10)22/h2,10-11H,3-7H2,1H3,(H,20,22)/t10-,11+/m1/s1. The first kappa shape index (κ1) is 16.1. The lowest BCUT2D eigenvalue weighted by Crippen LogP contribution is -2.41. The number of hydrogen-bond acceptors (Lipinski definition) is 5. The first-order chi connectivity index (χ1) is 10.8. The Labute approximate surface area is 131 Å². The molecule has 126 valence electrons. The normalized spacial score (nSPS) is 25.8. The van der Waals surface area contributed by atoms with Crippen molar-refractivity contribution < 1.29 is 22.7 Å². The highest BCUT2D eigenvalue weighted by Crippen LogP contribution is 2.26. The van der Waals surface area contributed by atoms with E-state index < -0.39 is 12.0 Å². The van der Waals surface area contributed by atoms with Gasteiger partial charge in [-0.05, 0) is 6.92 Å². The molecule has 6 nitrogen and oxygen atoms in total. The summed E-state index contributed by atoms with van der Waals surface area (Å²) in [5.74, 6) is -1.43. The van der Waals surface area contributed by atoms with Gasteiger partial charge in [0.1, 0.15) is 0 Å². The summed E-state index contributed by atoms with van der Waals surface area (Å²) in [6, 6.07) is -0.106. The van der Waals surface area contributed by atoms with Crippen molar-refractivity contribution in [2.45, 2.75) is 25.7 Å². The molecule has 3 rings (SSSR count). The van der Waals surface area contributed by atoms with Gasteiger partial charge in [0.05, 0.1) is 25.2 Å². The van der Waals surface area contributed by atoms with Crippen molar-refractivity contribution in [1.82, 2.24) is 20.2 Å². The van der Waals surface area contributed by atoms with Crippen LogP contribution in [-0.4, -0.2) is 53.1 Å². The van der Waals surface area contributed by atoms with Crippen LogP contribution in [0, 0.1) is 12.8 Å². The van der Waals surface area contributed by atoms with E-state index in [1.165, 1.54) is 13.1 Å². The summed E-state index contributed by atoms with van der Waals surface area (Å²) in [7, 11) is 0. The van der Waals surface area contributed by atoms with Gasteiger partial charge in [0, 0.05) is 37.1 Å². The van der Waals surface area contributed by atoms with Crippen molar-refractivity contribution in [1.29, 1.82) is 0 Å². The molecule has 2 saturated heterocycles. The molecule has 0 radical (unpaired) electrons. The van der Waals surface area contributed by atoms with Crippen LogP contribution >= 0.6 is 0 Å². The van der Waals surface area contributed by atoms with Crippen LogP contribution in [0.3, 0.4) is 0 Å². The number of aromatic nitrogens is 2. The number of nitrogens with zero attached hydrogens (tertiary/aromatic N) is 3. The molecule has 0 saturated carbocycles. The maximum Gasteiger partial charge on any atom is 0.451 e. The molecule has 2 bridgehead atoms. The Morgan fingerprint density at radius 2 is 2.17 bits per heavy atom. The topological polar surface area (TPSA) is 67.3 Å². The number of rotatable bonds is 2. The summed E-state index contributed by atoms with van der Waals surface area (Å²) in [5.41, 5.74) is 0.934. The molecule has 2 fully saturated rings. The number of hydrogen-bond donors (Lipinski definition) is 1. The van der Waals surface area contributed by atoms with Gasteiger partial charge < -0.3 is 10.1 Å². The highest BCUT2D eigenvalue weighted by molar-refractivity contribution is 5.79. The van der Waals surface area contributed by atoms with Gasteiger partial charge in [-0.15, -0.1) is 0 Å². The molecule has 1 aromatic heterocycles. The Kier molecular flexibility index (Phi) is 4.24. The third-order valence-corrected chi connectivity index (χ3v) is 4.04. The summed E-state index contributed by atoms with van der Waals surface area (Å²) in [4.78, 5) is 21.0. The number of halogens is 3. The van der Waals surface area contributed by atoms with E-state index in [9.17, 15) is 18.0 Å². The zero-order chi connectivity index (χ0) is 16.6. The van der Waals surface area contributed by atoms with E-state index in [1.54, 1.807) is 0 Å². The van der Waals surface area contributed by atoms with Crippen LogP contribution in [-0.2, 0) is 22.3 Å². The maximum atomic E-state index is 12.6. The minimum absolute atomic E-state index is 0.0320. The zero-order valence-electron chi connectivity index (χ0n) is 12.6. The lowest BCUT2D eigenvalue weighted by molar-refractivity contribution is -0.145. The number of amides is 1. The van der Waals surface area contributed by atoms with Gasteiger partial charge in [-0.3, -0.25) is 9.69 Å². The molecule has 2 aliphatic rings. The van der Waals surface area contributed by atoms with Crippen LogP contribution in [0.25, 0.3) is 0 Å². The second kappa shape index (κ2) is 6.04. The predicted molar refractivity (Wildman–Crippen MR) is 73.3 cm³/mol. The van der Waals surface area contributed by atoms with E-state index in [0.717, 1.165) is 0 Å². The number of fused-ring (bicyclic) bond motifs is 3. The highest BCUT2D eigenvalue weighted by Gasteiger charge is 2.36. The van der Waals surface area contributed by atoms with Gasteiger partial charge in [0.2, 0.25) is 11.7 Å². The lowest BCUT2D eigenvalue weighted by Gasteiger charge is -2.27. The number of ether oxygens (including phenoxy) is 1. The van der Waals surface area contributed by atoms with Crippen molar-refractivity contribution in [2.24, 2.45) is 5.92 Å². The van der Waals surface area contributed by atoms with Crippen molar-refractivity contribution in [2.75, 3.05) is 26.3 Å². The minimum atomic E-state index is -4.55. The molecule has 0 aliphatic carbocycles. The Hall–Kier alpha value is -1.74. The monoisotopic (exact) mass is 330 g/mol. The van der Waals surface area contributed by atoms with Crippen molar-refractivity contribution in [3.63, 3.8) is 0 Å². The molecule has 2 aliphatic heterocycles. The van der Waals surface area contributed by atoms with E-state index in [2.05, 4.69) is 15.3 Å². The van der Waals surface area contributed by atoms with E-state index in [-0.39, 0.29) is 17.9 Å². The quantitative estimate of drug-likeness (QED) is 0.867. The number of alkyl halides is 3. The number of nitrogens with one attached hydrogen (secondary N) is 1. The van der Waals surface area contributed by atoms with Crippen LogP contribution in [0.1, 0.15) is 17.1 Å². The fourth-order valence-electron chi connectivity index (χ4n) is 2.87. The lowest BCUT2D eigenvalue weighted by atomic mass is 10.1. The molecule has 1 aromatic rings. The third kappa shape index (κ3) is 3.61. The second-order valence-electron chi connectivity index (χ2n) is 5.94. The van der Waals surface area contributed by atoms with Gasteiger partial charge in [0.25, 0.3) is 0 Å². The summed E-state index contributed by atoms with van der Waals surface area (Å²) < 4.78 is 43.3. The summed E-state index contributed by atoms with van der Waals surface area (Å²) >= 11 is 0. The van der Waals surface area contributed by atoms with E-state index in [4.69, 9.17) is 4.74 Å². The molecule has 0 spiro atoms. The van der Waals surface area contributed by atoms with Crippen molar-refractivity contribution >= 4 is 5.91 Å². The largest absolute Gasteiger partial charge is 0.451 e. The van der Waals surface area contributed by atoms with Gasteiger partial charge in [-0.2, -0.15) is 13.2 Å². The average molecular weight is 330 g/mol. The molecule has 2 atom stereocenters. The Balaban J connectivity index is 1.75. The Morgan fingerprint density at radius 1 is 1.39 bits per heavy atom. The van der Waals surface area contributed by atoms with Crippen LogP contribution in [0.15, 0.2) is 6.20 Å². The smallest absolute Gasteiger partial charge is 0.378 e. The van der Waals surface area contributed by atoms with Gasteiger partial charge in [-0.1, -0.05) is 0 Å². The van der Waals surface area contributed by atoms with E-state index in [0.29, 0.717) is 44.1 Å². The molecular weight excluding hydrogens is 313 g/mol. The van der Waals surface area contributed by atoms with E-state index in [1.807, 2.05) is 4.90 Å². The van der Waals surface area contributed by atoms with Crippen molar-refractivity contribution in [3.05, 3.63) is 23.3 Å². The predicted octanol–water partition coefficient (Wildman–Crippen LogP) is 0.751. The molecule has 1 N–H and O–H groups in total. The average Bonchev–Trinajstić information content (AvgIpc) is 2.68. The first-order valence-corrected chi connectivity index (χ1v) is 7.33. The molecule has 1 amide bonds. The minimum Gasteiger partial charge on any atom is -0.378 e. The maximum absolute atomic E-state index is 12.6. The fourth-order valence-corrected chi connectivity index (χ4v) is 2.87. The van der Waals surface area contributed by atoms with Crippen LogP contribution in [0.4, 0.5) is 13.2 Å². The second-order valence-corrected chi connectivity index (χ2v) is 5.94. The molecule has 3 heterocycles. The molecular formula is C14H17F3N4O2. The van der Waals surface area contributed by atoms with E-state index >= 15 is 0 Å². The highest BCUT2D eigenvalue weighted by atomic mass is 19.4. The van der Waals surface area contributed by atoms with Gasteiger partial charge >= 0.3 is 6.18 Å². The summed E-state index contributed by atoms with van der Waals surface area (Å²) in [6.07, 6.45) is -3.33. The van der Waals surface area contributed by atoms with Crippen LogP contribution in [0.2, 0.25) is 0 Å². The van der Waals surface area contributed by atoms with Crippen molar-refractivity contribution in [3.8, 4) is 0 Å². The van der Waals surface area contributed by atoms with Crippen LogP contribution in [0.5, 0.6) is 0 Å². The van der Waals surface area contributed by atoms with Gasteiger partial charge in [-0.25, -0.2) is 9.97 Å². The fraction of sp³-hybridized carbons (Fsp3) is 0.643. The number of aryl methyl sites for hydroxylation is 1. The Bertz CT molecular complexity index is 608. The number of carbonyl (C=O) groups excluding carboxylic acids is 1. The first-order valence-electron chi connectivity index (χ1n) is 7.33.